The molecule has 0 saturated heterocycles. The number of alkyl halides is 2. The lowest BCUT2D eigenvalue weighted by Gasteiger charge is -2.48. The number of halogens is 4. The first-order chi connectivity index (χ1) is 13.5. The molecule has 0 spiro atoms. The van der Waals surface area contributed by atoms with Gasteiger partial charge in [-0.25, -0.2) is 22.9 Å². The van der Waals surface area contributed by atoms with E-state index in [1.165, 1.54) is 19.2 Å². The summed E-state index contributed by atoms with van der Waals surface area (Å²) in [7, 11) is 0. The number of hydrogen-bond acceptors (Lipinski definition) is 5. The fraction of sp³-hybridized carbons (Fsp3) is 0.389. The van der Waals surface area contributed by atoms with E-state index in [9.17, 15) is 18.0 Å². The number of pyridine rings is 1. The Morgan fingerprint density at radius 2 is 2.14 bits per heavy atom. The van der Waals surface area contributed by atoms with E-state index in [-0.39, 0.29) is 35.3 Å². The van der Waals surface area contributed by atoms with Gasteiger partial charge in [-0.2, -0.15) is 5.70 Å². The van der Waals surface area contributed by atoms with Gasteiger partial charge in [0.2, 0.25) is 0 Å². The van der Waals surface area contributed by atoms with Crippen LogP contribution in [0.15, 0.2) is 52.0 Å². The third-order valence-corrected chi connectivity index (χ3v) is 4.93. The minimum absolute atomic E-state index is 0.0433. The van der Waals surface area contributed by atoms with Crippen molar-refractivity contribution in [3.05, 3.63) is 58.5 Å². The SMILES string of the molecule is CC1(C2(C(F)F)COCC(N)=N2)CC([NH-])=CC(Cl)=C1F.O=C(O)c1ccccn1. The molecule has 3 rings (SSSR count). The van der Waals surface area contributed by atoms with Gasteiger partial charge in [0.15, 0.2) is 5.54 Å². The van der Waals surface area contributed by atoms with E-state index in [1.54, 1.807) is 12.1 Å². The highest BCUT2D eigenvalue weighted by atomic mass is 35.5. The summed E-state index contributed by atoms with van der Waals surface area (Å²) in [5, 5.41) is 7.96. The van der Waals surface area contributed by atoms with Crippen LogP contribution in [-0.4, -0.2) is 47.1 Å². The van der Waals surface area contributed by atoms with Crippen LogP contribution >= 0.6 is 11.6 Å². The number of nitrogens with zero attached hydrogens (tertiary/aromatic N) is 2. The number of rotatable bonds is 3. The first kappa shape index (κ1) is 22.7. The second kappa shape index (κ2) is 8.83. The lowest BCUT2D eigenvalue weighted by Crippen LogP contribution is -2.58. The second-order valence-corrected chi connectivity index (χ2v) is 7.09. The summed E-state index contributed by atoms with van der Waals surface area (Å²) in [5.74, 6) is -2.03. The van der Waals surface area contributed by atoms with Gasteiger partial charge in [-0.1, -0.05) is 30.7 Å². The van der Waals surface area contributed by atoms with Crippen molar-refractivity contribution in [2.45, 2.75) is 25.3 Å². The number of carboxylic acid groups (broad SMARTS) is 1. The van der Waals surface area contributed by atoms with E-state index < -0.39 is 35.8 Å². The summed E-state index contributed by atoms with van der Waals surface area (Å²) in [6.45, 7) is 0.712. The van der Waals surface area contributed by atoms with Crippen LogP contribution in [-0.2, 0) is 4.74 Å². The van der Waals surface area contributed by atoms with Crippen molar-refractivity contribution in [1.29, 1.82) is 0 Å². The third-order valence-electron chi connectivity index (χ3n) is 4.65. The molecule has 7 nitrogen and oxygen atoms in total. The number of amidine groups is 1. The Bertz CT molecular complexity index is 863. The fourth-order valence-electron chi connectivity index (χ4n) is 3.09. The Kier molecular flexibility index (Phi) is 6.91. The Morgan fingerprint density at radius 1 is 1.45 bits per heavy atom. The van der Waals surface area contributed by atoms with Crippen LogP contribution < -0.4 is 5.73 Å². The molecule has 2 aliphatic rings. The van der Waals surface area contributed by atoms with Gasteiger partial charge in [-0.3, -0.25) is 4.99 Å². The lowest BCUT2D eigenvalue weighted by atomic mass is 9.65. The van der Waals surface area contributed by atoms with Gasteiger partial charge < -0.3 is 21.3 Å². The molecule has 1 aliphatic carbocycles. The van der Waals surface area contributed by atoms with Crippen LogP contribution in [0.5, 0.6) is 0 Å². The highest BCUT2D eigenvalue weighted by Gasteiger charge is 2.59. The van der Waals surface area contributed by atoms with Crippen LogP contribution in [0.3, 0.4) is 0 Å². The van der Waals surface area contributed by atoms with Crippen molar-refractivity contribution >= 4 is 23.4 Å². The van der Waals surface area contributed by atoms with Gasteiger partial charge in [0.05, 0.1) is 17.1 Å². The van der Waals surface area contributed by atoms with Crippen LogP contribution in [0.25, 0.3) is 5.73 Å². The zero-order valence-electron chi connectivity index (χ0n) is 15.3. The summed E-state index contributed by atoms with van der Waals surface area (Å²) in [6.07, 6.45) is -0.704. The lowest BCUT2D eigenvalue weighted by molar-refractivity contribution is -0.0700. The molecule has 11 heteroatoms. The number of ether oxygens (including phenoxy) is 1. The van der Waals surface area contributed by atoms with E-state index in [0.717, 1.165) is 6.08 Å². The van der Waals surface area contributed by atoms with E-state index in [1.807, 2.05) is 0 Å². The minimum Gasteiger partial charge on any atom is -0.702 e. The molecule has 0 fully saturated rings. The van der Waals surface area contributed by atoms with Crippen LogP contribution in [0.1, 0.15) is 23.8 Å². The number of nitrogens with two attached hydrogens (primary N) is 1. The summed E-state index contributed by atoms with van der Waals surface area (Å²) >= 11 is 5.71. The maximum Gasteiger partial charge on any atom is 0.354 e. The third kappa shape index (κ3) is 4.54. The molecule has 1 aromatic rings. The number of aromatic nitrogens is 1. The number of nitrogens with one attached hydrogen (secondary N) is 1. The largest absolute Gasteiger partial charge is 0.702 e. The highest BCUT2D eigenvalue weighted by molar-refractivity contribution is 6.31. The van der Waals surface area contributed by atoms with Crippen molar-refractivity contribution in [3.8, 4) is 0 Å². The molecule has 1 aromatic heterocycles. The quantitative estimate of drug-likeness (QED) is 0.751. The number of aromatic carboxylic acids is 1. The molecule has 2 atom stereocenters. The number of carboxylic acids is 1. The maximum atomic E-state index is 14.4. The van der Waals surface area contributed by atoms with Gasteiger partial charge in [0, 0.05) is 6.20 Å². The van der Waals surface area contributed by atoms with Gasteiger partial charge in [0.1, 0.15) is 24.0 Å². The maximum absolute atomic E-state index is 14.4. The second-order valence-electron chi connectivity index (χ2n) is 6.68. The Balaban J connectivity index is 0.000000278. The first-order valence-electron chi connectivity index (χ1n) is 8.36. The molecule has 1 aliphatic heterocycles. The minimum atomic E-state index is -3.01. The Labute approximate surface area is 169 Å². The summed E-state index contributed by atoms with van der Waals surface area (Å²) in [6, 6.07) is 4.76. The molecule has 0 saturated carbocycles. The molecule has 2 heterocycles. The number of carbonyl (C=O) groups is 1. The number of aliphatic imine (C=N–C) groups is 1. The molecule has 4 N–H and O–H groups in total. The molecular formula is C18H19ClF3N4O3-. The van der Waals surface area contributed by atoms with E-state index in [0.29, 0.717) is 0 Å². The molecule has 0 radical (unpaired) electrons. The van der Waals surface area contributed by atoms with Gasteiger partial charge in [0.25, 0.3) is 6.43 Å². The van der Waals surface area contributed by atoms with Gasteiger partial charge in [-0.05, 0) is 18.6 Å². The van der Waals surface area contributed by atoms with Crippen molar-refractivity contribution in [2.75, 3.05) is 13.2 Å². The van der Waals surface area contributed by atoms with Crippen molar-refractivity contribution < 1.29 is 27.8 Å². The van der Waals surface area contributed by atoms with Crippen LogP contribution in [0.4, 0.5) is 13.2 Å². The molecule has 2 unspecified atom stereocenters. The average Bonchev–Trinajstić information content (AvgIpc) is 2.67. The molecule has 0 bridgehead atoms. The molecular weight excluding hydrogens is 413 g/mol. The topological polar surface area (TPSA) is 122 Å². The van der Waals surface area contributed by atoms with E-state index in [4.69, 9.17) is 32.9 Å². The first-order valence-corrected chi connectivity index (χ1v) is 8.73. The van der Waals surface area contributed by atoms with Gasteiger partial charge >= 0.3 is 5.97 Å². The highest BCUT2D eigenvalue weighted by Crippen LogP contribution is 2.54. The van der Waals surface area contributed by atoms with Crippen LogP contribution in [0, 0.1) is 5.41 Å². The number of allylic oxidation sites excluding steroid dienone is 3. The molecule has 158 valence electrons. The zero-order chi connectivity index (χ0) is 21.8. The standard InChI is InChI=1S/C12H14ClF3N3O.C6H5NO2/c1-11(3-6(17)2-7(13)9(11)14)12(10(15)16)5-20-4-8(18)19-12;8-6(9)5-3-1-2-4-7-5/h2,10,17H,3-5H2,1H3,(H2,18,19);1-4H,(H,8,9)/q-1;. The monoisotopic (exact) mass is 431 g/mol. The normalized spacial score (nSPS) is 27.0. The molecule has 29 heavy (non-hydrogen) atoms. The predicted octanol–water partition coefficient (Wildman–Crippen LogP) is 3.92. The smallest absolute Gasteiger partial charge is 0.354 e. The van der Waals surface area contributed by atoms with Crippen molar-refractivity contribution in [3.63, 3.8) is 0 Å². The van der Waals surface area contributed by atoms with Crippen molar-refractivity contribution in [2.24, 2.45) is 16.1 Å². The fourth-order valence-corrected chi connectivity index (χ4v) is 3.43. The molecule has 0 aromatic carbocycles. The number of hydrogen-bond donors (Lipinski definition) is 2. The predicted molar refractivity (Wildman–Crippen MR) is 101 cm³/mol. The Hall–Kier alpha value is -2.59. The van der Waals surface area contributed by atoms with Crippen LogP contribution in [0.2, 0.25) is 0 Å². The summed E-state index contributed by atoms with van der Waals surface area (Å²) < 4.78 is 46.8. The summed E-state index contributed by atoms with van der Waals surface area (Å²) in [4.78, 5) is 17.5. The van der Waals surface area contributed by atoms with E-state index in [2.05, 4.69) is 9.98 Å². The van der Waals surface area contributed by atoms with E-state index >= 15 is 0 Å². The Morgan fingerprint density at radius 3 is 2.62 bits per heavy atom. The van der Waals surface area contributed by atoms with Gasteiger partial charge in [-0.15, -0.1) is 0 Å². The van der Waals surface area contributed by atoms with Crippen molar-refractivity contribution in [1.82, 2.24) is 4.98 Å². The zero-order valence-corrected chi connectivity index (χ0v) is 16.1. The average molecular weight is 432 g/mol. The summed E-state index contributed by atoms with van der Waals surface area (Å²) in [5.41, 5.74) is 9.23. The molecule has 0 amide bonds.